The molecule has 0 radical (unpaired) electrons. The van der Waals surface area contributed by atoms with Crippen LogP contribution in [0.25, 0.3) is 0 Å². The summed E-state index contributed by atoms with van der Waals surface area (Å²) in [7, 11) is 0. The van der Waals surface area contributed by atoms with Crippen molar-refractivity contribution in [3.05, 3.63) is 0 Å². The van der Waals surface area contributed by atoms with Crippen molar-refractivity contribution in [1.82, 2.24) is 5.32 Å². The van der Waals surface area contributed by atoms with E-state index in [1.54, 1.807) is 0 Å². The third kappa shape index (κ3) is 24.0. The number of nitrogens with one attached hydrogen (secondary N) is 1. The van der Waals surface area contributed by atoms with E-state index in [0.717, 1.165) is 38.5 Å². The van der Waals surface area contributed by atoms with Gasteiger partial charge in [-0.15, -0.1) is 0 Å². The van der Waals surface area contributed by atoms with E-state index in [9.17, 15) is 10.2 Å². The van der Waals surface area contributed by atoms with Crippen molar-refractivity contribution < 1.29 is 10.2 Å². The largest absolute Gasteiger partial charge is 0.379 e. The molecule has 2 unspecified atom stereocenters. The number of rotatable bonds is 24. The molecule has 3 nitrogen and oxygen atoms in total. The van der Waals surface area contributed by atoms with Gasteiger partial charge in [-0.3, -0.25) is 5.32 Å². The Morgan fingerprint density at radius 2 is 0.655 bits per heavy atom. The second-order valence-electron chi connectivity index (χ2n) is 9.14. The Balaban J connectivity index is 3.18. The molecule has 176 valence electrons. The molecule has 0 aromatic carbocycles. The molecule has 0 spiro atoms. The highest BCUT2D eigenvalue weighted by Crippen LogP contribution is 2.14. The van der Waals surface area contributed by atoms with Gasteiger partial charge >= 0.3 is 0 Å². The van der Waals surface area contributed by atoms with E-state index in [0.29, 0.717) is 0 Å². The standard InChI is InChI=1S/C26H55NO2/c1-3-5-7-8-9-10-11-12-13-14-15-16-17-18-19-20-22-24-26(29)27-25(28)23-21-6-4-2/h25-29H,3-24H2,1-2H3. The fourth-order valence-electron chi connectivity index (χ4n) is 4.04. The van der Waals surface area contributed by atoms with E-state index in [-0.39, 0.29) is 0 Å². The maximum atomic E-state index is 9.93. The van der Waals surface area contributed by atoms with Crippen LogP contribution < -0.4 is 5.32 Å². The molecule has 0 aromatic rings. The fraction of sp³-hybridized carbons (Fsp3) is 1.00. The highest BCUT2D eigenvalue weighted by Gasteiger charge is 2.09. The summed E-state index contributed by atoms with van der Waals surface area (Å²) in [6.45, 7) is 4.44. The van der Waals surface area contributed by atoms with E-state index >= 15 is 0 Å². The van der Waals surface area contributed by atoms with Crippen molar-refractivity contribution in [2.24, 2.45) is 0 Å². The zero-order chi connectivity index (χ0) is 21.4. The van der Waals surface area contributed by atoms with Crippen molar-refractivity contribution in [1.29, 1.82) is 0 Å². The van der Waals surface area contributed by atoms with Gasteiger partial charge in [-0.25, -0.2) is 0 Å². The summed E-state index contributed by atoms with van der Waals surface area (Å²) in [4.78, 5) is 0. The van der Waals surface area contributed by atoms with Crippen LogP contribution in [-0.2, 0) is 0 Å². The third-order valence-electron chi connectivity index (χ3n) is 6.05. The van der Waals surface area contributed by atoms with E-state index in [4.69, 9.17) is 0 Å². The van der Waals surface area contributed by atoms with Crippen LogP contribution in [0.4, 0.5) is 0 Å². The van der Waals surface area contributed by atoms with Crippen LogP contribution in [0, 0.1) is 0 Å². The van der Waals surface area contributed by atoms with Gasteiger partial charge in [0, 0.05) is 0 Å². The van der Waals surface area contributed by atoms with Gasteiger partial charge in [-0.1, -0.05) is 129 Å². The van der Waals surface area contributed by atoms with Crippen molar-refractivity contribution in [3.63, 3.8) is 0 Å². The lowest BCUT2D eigenvalue weighted by Crippen LogP contribution is -2.38. The lowest BCUT2D eigenvalue weighted by atomic mass is 10.0. The normalized spacial score (nSPS) is 13.7. The topological polar surface area (TPSA) is 52.5 Å². The molecular formula is C26H55NO2. The molecule has 0 amide bonds. The summed E-state index contributed by atoms with van der Waals surface area (Å²) in [5, 5.41) is 22.7. The van der Waals surface area contributed by atoms with Crippen molar-refractivity contribution in [2.45, 2.75) is 168 Å². The van der Waals surface area contributed by atoms with Crippen LogP contribution in [0.1, 0.15) is 155 Å². The lowest BCUT2D eigenvalue weighted by Gasteiger charge is -2.18. The van der Waals surface area contributed by atoms with Crippen LogP contribution >= 0.6 is 0 Å². The molecule has 0 aliphatic rings. The van der Waals surface area contributed by atoms with Crippen LogP contribution in [-0.4, -0.2) is 22.7 Å². The summed E-state index contributed by atoms with van der Waals surface area (Å²) in [5.41, 5.74) is 0. The van der Waals surface area contributed by atoms with Gasteiger partial charge < -0.3 is 10.2 Å². The summed E-state index contributed by atoms with van der Waals surface area (Å²) < 4.78 is 0. The Bertz CT molecular complexity index is 298. The maximum absolute atomic E-state index is 9.93. The first-order valence-corrected chi connectivity index (χ1v) is 13.3. The van der Waals surface area contributed by atoms with Crippen LogP contribution in [0.3, 0.4) is 0 Å². The van der Waals surface area contributed by atoms with Crippen LogP contribution in [0.15, 0.2) is 0 Å². The van der Waals surface area contributed by atoms with Crippen molar-refractivity contribution in [3.8, 4) is 0 Å². The molecule has 0 saturated carbocycles. The zero-order valence-electron chi connectivity index (χ0n) is 20.1. The lowest BCUT2D eigenvalue weighted by molar-refractivity contribution is 0.0311. The monoisotopic (exact) mass is 413 g/mol. The predicted molar refractivity (Wildman–Crippen MR) is 128 cm³/mol. The average Bonchev–Trinajstić information content (AvgIpc) is 2.70. The maximum Gasteiger partial charge on any atom is 0.106 e. The van der Waals surface area contributed by atoms with Gasteiger partial charge in [0.15, 0.2) is 0 Å². The molecule has 0 saturated heterocycles. The van der Waals surface area contributed by atoms with Gasteiger partial charge in [-0.2, -0.15) is 0 Å². The Hall–Kier alpha value is -0.120. The first-order chi connectivity index (χ1) is 14.2. The molecule has 0 aromatic heterocycles. The molecule has 0 fully saturated rings. The van der Waals surface area contributed by atoms with Gasteiger partial charge in [0.1, 0.15) is 12.5 Å². The van der Waals surface area contributed by atoms with Crippen molar-refractivity contribution in [2.75, 3.05) is 0 Å². The van der Waals surface area contributed by atoms with Gasteiger partial charge in [0.25, 0.3) is 0 Å². The SMILES string of the molecule is CCCCCCCCCCCCCCCCCCCC(O)NC(O)CCCCC. The molecule has 0 aliphatic heterocycles. The number of aliphatic hydroxyl groups is 2. The first-order valence-electron chi connectivity index (χ1n) is 13.3. The van der Waals surface area contributed by atoms with Gasteiger partial charge in [0.2, 0.25) is 0 Å². The third-order valence-corrected chi connectivity index (χ3v) is 6.05. The van der Waals surface area contributed by atoms with Crippen molar-refractivity contribution >= 4 is 0 Å². The number of hydrogen-bond donors (Lipinski definition) is 3. The van der Waals surface area contributed by atoms with E-state index < -0.39 is 12.5 Å². The summed E-state index contributed by atoms with van der Waals surface area (Å²) in [6.07, 6.45) is 27.1. The van der Waals surface area contributed by atoms with E-state index in [1.165, 1.54) is 103 Å². The first kappa shape index (κ1) is 28.9. The highest BCUT2D eigenvalue weighted by atomic mass is 16.3. The molecule has 29 heavy (non-hydrogen) atoms. The quantitative estimate of drug-likeness (QED) is 0.112. The fourth-order valence-corrected chi connectivity index (χ4v) is 4.04. The van der Waals surface area contributed by atoms with Crippen LogP contribution in [0.2, 0.25) is 0 Å². The molecule has 0 bridgehead atoms. The molecule has 0 aliphatic carbocycles. The summed E-state index contributed by atoms with van der Waals surface area (Å²) in [6, 6.07) is 0. The molecule has 3 N–H and O–H groups in total. The minimum absolute atomic E-state index is 0.553. The number of unbranched alkanes of at least 4 members (excludes halogenated alkanes) is 18. The van der Waals surface area contributed by atoms with E-state index in [2.05, 4.69) is 19.2 Å². The van der Waals surface area contributed by atoms with Gasteiger partial charge in [-0.05, 0) is 25.7 Å². The Kier molecular flexibility index (Phi) is 24.1. The molecule has 3 heteroatoms. The van der Waals surface area contributed by atoms with E-state index in [1.807, 2.05) is 0 Å². The Morgan fingerprint density at radius 3 is 1.00 bits per heavy atom. The second kappa shape index (κ2) is 24.2. The highest BCUT2D eigenvalue weighted by molar-refractivity contribution is 4.59. The van der Waals surface area contributed by atoms with Crippen LogP contribution in [0.5, 0.6) is 0 Å². The minimum atomic E-state index is -0.553. The molecular weight excluding hydrogens is 358 g/mol. The summed E-state index contributed by atoms with van der Waals surface area (Å²) in [5.74, 6) is 0. The second-order valence-corrected chi connectivity index (χ2v) is 9.14. The average molecular weight is 414 g/mol. The molecule has 2 atom stereocenters. The van der Waals surface area contributed by atoms with Gasteiger partial charge in [0.05, 0.1) is 0 Å². The Labute approximate surface area is 183 Å². The molecule has 0 rings (SSSR count). The smallest absolute Gasteiger partial charge is 0.106 e. The zero-order valence-corrected chi connectivity index (χ0v) is 20.1. The Morgan fingerprint density at radius 1 is 0.414 bits per heavy atom. The number of hydrogen-bond acceptors (Lipinski definition) is 3. The predicted octanol–water partition coefficient (Wildman–Crippen LogP) is 7.83. The minimum Gasteiger partial charge on any atom is -0.379 e. The number of aliphatic hydroxyl groups excluding tert-OH is 2. The molecule has 0 heterocycles. The summed E-state index contributed by atoms with van der Waals surface area (Å²) >= 11 is 0.